The summed E-state index contributed by atoms with van der Waals surface area (Å²) in [7, 11) is 0. The Morgan fingerprint density at radius 3 is 2.52 bits per heavy atom. The lowest BCUT2D eigenvalue weighted by Gasteiger charge is -2.42. The van der Waals surface area contributed by atoms with Crippen molar-refractivity contribution in [3.05, 3.63) is 64.2 Å². The van der Waals surface area contributed by atoms with Gasteiger partial charge in [0.25, 0.3) is 0 Å². The zero-order valence-corrected chi connectivity index (χ0v) is 16.9. The predicted octanol–water partition coefficient (Wildman–Crippen LogP) is 4.81. The van der Waals surface area contributed by atoms with E-state index >= 15 is 0 Å². The van der Waals surface area contributed by atoms with Crippen LogP contribution in [-0.4, -0.2) is 36.5 Å². The van der Waals surface area contributed by atoms with Gasteiger partial charge in [-0.3, -0.25) is 4.79 Å². The molecule has 27 heavy (non-hydrogen) atoms. The maximum atomic E-state index is 12.8. The first kappa shape index (κ1) is 18.4. The fraction of sp³-hybridized carbons (Fsp3) is 0.435. The third-order valence-electron chi connectivity index (χ3n) is 5.77. The number of carbonyl (C=O) groups excluding carboxylic acids is 1. The monoisotopic (exact) mass is 382 g/mol. The first-order valence-corrected chi connectivity index (χ1v) is 10.3. The highest BCUT2D eigenvalue weighted by atomic mass is 35.5. The molecular weight excluding hydrogens is 356 g/mol. The molecule has 3 nitrogen and oxygen atoms in total. The van der Waals surface area contributed by atoms with Crippen LogP contribution in [0.1, 0.15) is 42.4 Å². The van der Waals surface area contributed by atoms with Crippen molar-refractivity contribution < 1.29 is 4.79 Å². The normalized spacial score (nSPS) is 20.0. The Bertz CT molecular complexity index is 829. The first-order valence-electron chi connectivity index (χ1n) is 9.90. The molecule has 1 heterocycles. The van der Waals surface area contributed by atoms with Crippen LogP contribution in [0.25, 0.3) is 0 Å². The van der Waals surface area contributed by atoms with Crippen LogP contribution in [0.5, 0.6) is 0 Å². The number of nitrogens with zero attached hydrogens (tertiary/aromatic N) is 2. The van der Waals surface area contributed by atoms with Crippen LogP contribution in [0, 0.1) is 6.92 Å². The Hall–Kier alpha value is -2.00. The SMILES string of the molecule is Cc1ccc(CC(=O)N2CCN(c3cc(Cl)ccc3C3CC3)CC2C)cc1. The number of rotatable bonds is 4. The van der Waals surface area contributed by atoms with Crippen LogP contribution < -0.4 is 4.90 Å². The third-order valence-corrected chi connectivity index (χ3v) is 6.01. The minimum Gasteiger partial charge on any atom is -0.367 e. The minimum atomic E-state index is 0.197. The Morgan fingerprint density at radius 2 is 1.85 bits per heavy atom. The Labute approximate surface area is 166 Å². The van der Waals surface area contributed by atoms with E-state index in [1.807, 2.05) is 11.0 Å². The summed E-state index contributed by atoms with van der Waals surface area (Å²) in [6.45, 7) is 6.71. The van der Waals surface area contributed by atoms with Crippen LogP contribution in [0.2, 0.25) is 5.02 Å². The molecule has 2 aromatic carbocycles. The molecule has 1 aliphatic carbocycles. The molecule has 1 aliphatic heterocycles. The van der Waals surface area contributed by atoms with Crippen molar-refractivity contribution >= 4 is 23.2 Å². The van der Waals surface area contributed by atoms with Gasteiger partial charge in [0, 0.05) is 36.4 Å². The van der Waals surface area contributed by atoms with Crippen molar-refractivity contribution in [2.75, 3.05) is 24.5 Å². The third kappa shape index (κ3) is 4.14. The van der Waals surface area contributed by atoms with Gasteiger partial charge in [-0.25, -0.2) is 0 Å². The zero-order chi connectivity index (χ0) is 19.0. The van der Waals surface area contributed by atoms with E-state index in [4.69, 9.17) is 11.6 Å². The topological polar surface area (TPSA) is 23.6 Å². The molecule has 2 fully saturated rings. The molecule has 0 N–H and O–H groups in total. The molecule has 0 aromatic heterocycles. The van der Waals surface area contributed by atoms with Crippen LogP contribution in [0.4, 0.5) is 5.69 Å². The maximum absolute atomic E-state index is 12.8. The second-order valence-electron chi connectivity index (χ2n) is 8.02. The van der Waals surface area contributed by atoms with Gasteiger partial charge in [-0.05, 0) is 55.9 Å². The van der Waals surface area contributed by atoms with Gasteiger partial charge in [0.1, 0.15) is 0 Å². The average molecular weight is 383 g/mol. The highest BCUT2D eigenvalue weighted by Gasteiger charge is 2.32. The summed E-state index contributed by atoms with van der Waals surface area (Å²) >= 11 is 6.29. The van der Waals surface area contributed by atoms with Crippen LogP contribution in [0.3, 0.4) is 0 Å². The van der Waals surface area contributed by atoms with E-state index in [1.165, 1.54) is 29.7 Å². The molecule has 1 atom stereocenters. The van der Waals surface area contributed by atoms with Crippen LogP contribution in [-0.2, 0) is 11.2 Å². The van der Waals surface area contributed by atoms with Gasteiger partial charge in [0.2, 0.25) is 5.91 Å². The fourth-order valence-electron chi connectivity index (χ4n) is 4.06. The Balaban J connectivity index is 1.44. The van der Waals surface area contributed by atoms with Gasteiger partial charge in [0.15, 0.2) is 0 Å². The molecule has 1 unspecified atom stereocenters. The summed E-state index contributed by atoms with van der Waals surface area (Å²) in [5.41, 5.74) is 5.00. The molecule has 142 valence electrons. The Kier molecular flexibility index (Phi) is 5.14. The van der Waals surface area contributed by atoms with Crippen molar-refractivity contribution in [1.29, 1.82) is 0 Å². The van der Waals surface area contributed by atoms with E-state index in [0.717, 1.165) is 30.2 Å². The number of piperazine rings is 1. The van der Waals surface area contributed by atoms with Gasteiger partial charge >= 0.3 is 0 Å². The number of hydrogen-bond acceptors (Lipinski definition) is 2. The number of aryl methyl sites for hydroxylation is 1. The number of carbonyl (C=O) groups is 1. The van der Waals surface area contributed by atoms with E-state index in [-0.39, 0.29) is 11.9 Å². The molecule has 4 heteroatoms. The van der Waals surface area contributed by atoms with Crippen molar-refractivity contribution in [1.82, 2.24) is 4.90 Å². The Morgan fingerprint density at radius 1 is 1.11 bits per heavy atom. The number of halogens is 1. The average Bonchev–Trinajstić information content (AvgIpc) is 3.48. The second kappa shape index (κ2) is 7.55. The summed E-state index contributed by atoms with van der Waals surface area (Å²) in [4.78, 5) is 17.3. The largest absolute Gasteiger partial charge is 0.367 e. The summed E-state index contributed by atoms with van der Waals surface area (Å²) in [6.07, 6.45) is 3.04. The van der Waals surface area contributed by atoms with Gasteiger partial charge < -0.3 is 9.80 Å². The van der Waals surface area contributed by atoms with Crippen molar-refractivity contribution in [3.8, 4) is 0 Å². The molecule has 2 aliphatic rings. The predicted molar refractivity (Wildman–Crippen MR) is 112 cm³/mol. The van der Waals surface area contributed by atoms with E-state index < -0.39 is 0 Å². The molecule has 1 saturated heterocycles. The smallest absolute Gasteiger partial charge is 0.227 e. The lowest BCUT2D eigenvalue weighted by Crippen LogP contribution is -2.54. The summed E-state index contributed by atoms with van der Waals surface area (Å²) in [5.74, 6) is 0.910. The minimum absolute atomic E-state index is 0.197. The number of benzene rings is 2. The molecule has 2 aromatic rings. The van der Waals surface area contributed by atoms with Crippen molar-refractivity contribution in [3.63, 3.8) is 0 Å². The number of hydrogen-bond donors (Lipinski definition) is 0. The number of amides is 1. The van der Waals surface area contributed by atoms with E-state index in [0.29, 0.717) is 12.3 Å². The maximum Gasteiger partial charge on any atom is 0.227 e. The summed E-state index contributed by atoms with van der Waals surface area (Å²) in [5, 5.41) is 0.792. The number of anilines is 1. The first-order chi connectivity index (χ1) is 13.0. The molecular formula is C23H27ClN2O. The zero-order valence-electron chi connectivity index (χ0n) is 16.1. The fourth-order valence-corrected chi connectivity index (χ4v) is 4.23. The van der Waals surface area contributed by atoms with Gasteiger partial charge in [-0.1, -0.05) is 47.5 Å². The van der Waals surface area contributed by atoms with E-state index in [2.05, 4.69) is 55.1 Å². The van der Waals surface area contributed by atoms with Crippen LogP contribution in [0.15, 0.2) is 42.5 Å². The summed E-state index contributed by atoms with van der Waals surface area (Å²) in [6, 6.07) is 14.8. The lowest BCUT2D eigenvalue weighted by atomic mass is 10.0. The molecule has 0 spiro atoms. The highest BCUT2D eigenvalue weighted by molar-refractivity contribution is 6.30. The standard InChI is InChI=1S/C23H27ClN2O/c1-16-3-5-18(6-4-16)13-23(27)26-12-11-25(15-17(26)2)22-14-20(24)9-10-21(22)19-7-8-19/h3-6,9-10,14,17,19H,7-8,11-13,15H2,1-2H3. The van der Waals surface area contributed by atoms with E-state index in [9.17, 15) is 4.79 Å². The lowest BCUT2D eigenvalue weighted by molar-refractivity contribution is -0.132. The van der Waals surface area contributed by atoms with Crippen molar-refractivity contribution in [2.24, 2.45) is 0 Å². The molecule has 0 radical (unpaired) electrons. The van der Waals surface area contributed by atoms with Gasteiger partial charge in [-0.2, -0.15) is 0 Å². The molecule has 4 rings (SSSR count). The quantitative estimate of drug-likeness (QED) is 0.757. The van der Waals surface area contributed by atoms with Gasteiger partial charge in [-0.15, -0.1) is 0 Å². The summed E-state index contributed by atoms with van der Waals surface area (Å²) < 4.78 is 0. The van der Waals surface area contributed by atoms with Crippen molar-refractivity contribution in [2.45, 2.75) is 45.1 Å². The second-order valence-corrected chi connectivity index (χ2v) is 8.46. The molecule has 1 saturated carbocycles. The van der Waals surface area contributed by atoms with Crippen LogP contribution >= 0.6 is 11.6 Å². The highest BCUT2D eigenvalue weighted by Crippen LogP contribution is 2.45. The van der Waals surface area contributed by atoms with Gasteiger partial charge in [0.05, 0.1) is 6.42 Å². The molecule has 0 bridgehead atoms. The molecule has 1 amide bonds. The van der Waals surface area contributed by atoms with E-state index in [1.54, 1.807) is 0 Å².